The summed E-state index contributed by atoms with van der Waals surface area (Å²) in [5.41, 5.74) is 2.81. The third-order valence-corrected chi connectivity index (χ3v) is 6.30. The maximum absolute atomic E-state index is 10.0. The molecular formula is C21H34N2O2. The third-order valence-electron chi connectivity index (χ3n) is 6.30. The summed E-state index contributed by atoms with van der Waals surface area (Å²) >= 11 is 0. The van der Waals surface area contributed by atoms with E-state index in [-0.39, 0.29) is 12.0 Å². The van der Waals surface area contributed by atoms with Gasteiger partial charge in [0.2, 0.25) is 0 Å². The highest BCUT2D eigenvalue weighted by molar-refractivity contribution is 5.53. The lowest BCUT2D eigenvalue weighted by Crippen LogP contribution is -2.53. The maximum atomic E-state index is 10.0. The van der Waals surface area contributed by atoms with Crippen LogP contribution in [0.15, 0.2) is 24.3 Å². The van der Waals surface area contributed by atoms with Crippen molar-refractivity contribution in [3.05, 3.63) is 29.8 Å². The first-order valence-electron chi connectivity index (χ1n) is 9.82. The molecule has 0 bridgehead atoms. The van der Waals surface area contributed by atoms with Crippen molar-refractivity contribution in [2.75, 3.05) is 51.4 Å². The van der Waals surface area contributed by atoms with E-state index in [1.54, 1.807) is 7.11 Å². The van der Waals surface area contributed by atoms with Crippen LogP contribution in [0.1, 0.15) is 37.7 Å². The van der Waals surface area contributed by atoms with Crippen LogP contribution in [-0.2, 0) is 4.74 Å². The van der Waals surface area contributed by atoms with E-state index in [1.807, 2.05) is 0 Å². The van der Waals surface area contributed by atoms with Gasteiger partial charge in [-0.2, -0.15) is 0 Å². The van der Waals surface area contributed by atoms with Gasteiger partial charge in [-0.25, -0.2) is 0 Å². The molecule has 0 saturated carbocycles. The molecule has 0 unspecified atom stereocenters. The highest BCUT2D eigenvalue weighted by atomic mass is 16.5. The molecule has 1 atom stereocenters. The van der Waals surface area contributed by atoms with E-state index in [4.69, 9.17) is 4.74 Å². The maximum Gasteiger partial charge on any atom is 0.0500 e. The lowest BCUT2D eigenvalue weighted by atomic mass is 9.77. The number of rotatable bonds is 6. The number of benzene rings is 1. The highest BCUT2D eigenvalue weighted by Crippen LogP contribution is 2.36. The van der Waals surface area contributed by atoms with Gasteiger partial charge in [0.25, 0.3) is 0 Å². The standard InChI is InChI=1S/C21H34N2O2/c1-18-6-3-4-7-20(18)22-13-8-19(9-14-22)23-12-5-10-21(16-23,17-24)11-15-25-2/h3-4,6-7,19,24H,5,8-17H2,1-2H3/t21-/m0/s1. The van der Waals surface area contributed by atoms with Crippen LogP contribution in [0.5, 0.6) is 0 Å². The van der Waals surface area contributed by atoms with E-state index in [2.05, 4.69) is 41.0 Å². The quantitative estimate of drug-likeness (QED) is 0.859. The number of para-hydroxylation sites is 1. The molecule has 3 rings (SSSR count). The van der Waals surface area contributed by atoms with E-state index in [0.29, 0.717) is 6.04 Å². The number of piperidine rings is 2. The molecule has 2 aliphatic heterocycles. The molecule has 25 heavy (non-hydrogen) atoms. The number of aliphatic hydroxyl groups is 1. The summed E-state index contributed by atoms with van der Waals surface area (Å²) in [6.45, 7) is 7.73. The molecule has 2 saturated heterocycles. The zero-order chi connectivity index (χ0) is 17.7. The second-order valence-corrected chi connectivity index (χ2v) is 7.98. The predicted molar refractivity (Wildman–Crippen MR) is 103 cm³/mol. The minimum absolute atomic E-state index is 0.0431. The Hall–Kier alpha value is -1.10. The van der Waals surface area contributed by atoms with E-state index < -0.39 is 0 Å². The Morgan fingerprint density at radius 1 is 1.20 bits per heavy atom. The van der Waals surface area contributed by atoms with Gasteiger partial charge >= 0.3 is 0 Å². The van der Waals surface area contributed by atoms with E-state index in [9.17, 15) is 5.11 Å². The van der Waals surface area contributed by atoms with Crippen LogP contribution in [0, 0.1) is 12.3 Å². The molecule has 2 fully saturated rings. The van der Waals surface area contributed by atoms with Crippen LogP contribution in [-0.4, -0.2) is 62.6 Å². The van der Waals surface area contributed by atoms with Crippen molar-refractivity contribution in [3.63, 3.8) is 0 Å². The normalized spacial score (nSPS) is 26.1. The SMILES string of the molecule is COCC[C@@]1(CO)CCCN(C2CCN(c3ccccc3C)CC2)C1. The molecule has 0 aromatic heterocycles. The average Bonchev–Trinajstić information content (AvgIpc) is 2.67. The van der Waals surface area contributed by atoms with Gasteiger partial charge in [-0.3, -0.25) is 4.90 Å². The predicted octanol–water partition coefficient (Wildman–Crippen LogP) is 3.07. The second kappa shape index (κ2) is 8.52. The molecule has 0 aliphatic carbocycles. The molecule has 4 heteroatoms. The summed E-state index contributed by atoms with van der Waals surface area (Å²) < 4.78 is 5.29. The van der Waals surface area contributed by atoms with Crippen molar-refractivity contribution in [2.45, 2.75) is 45.1 Å². The molecule has 2 aliphatic rings. The first-order chi connectivity index (χ1) is 12.2. The largest absolute Gasteiger partial charge is 0.396 e. The second-order valence-electron chi connectivity index (χ2n) is 7.98. The van der Waals surface area contributed by atoms with Crippen LogP contribution in [0.3, 0.4) is 0 Å². The molecule has 4 nitrogen and oxygen atoms in total. The van der Waals surface area contributed by atoms with Crippen LogP contribution in [0.25, 0.3) is 0 Å². The van der Waals surface area contributed by atoms with Gasteiger partial charge in [0, 0.05) is 50.5 Å². The molecular weight excluding hydrogens is 312 g/mol. The van der Waals surface area contributed by atoms with Crippen molar-refractivity contribution in [1.82, 2.24) is 4.90 Å². The van der Waals surface area contributed by atoms with Crippen molar-refractivity contribution in [1.29, 1.82) is 0 Å². The van der Waals surface area contributed by atoms with Gasteiger partial charge in [-0.15, -0.1) is 0 Å². The fourth-order valence-corrected chi connectivity index (χ4v) is 4.68. The first-order valence-corrected chi connectivity index (χ1v) is 9.82. The van der Waals surface area contributed by atoms with Gasteiger partial charge < -0.3 is 14.7 Å². The lowest BCUT2D eigenvalue weighted by Gasteiger charge is -2.47. The number of anilines is 1. The van der Waals surface area contributed by atoms with Crippen molar-refractivity contribution in [3.8, 4) is 0 Å². The average molecular weight is 347 g/mol. The first kappa shape index (κ1) is 18.7. The number of aliphatic hydroxyl groups excluding tert-OH is 1. The van der Waals surface area contributed by atoms with Crippen LogP contribution in [0.4, 0.5) is 5.69 Å². The number of likely N-dealkylation sites (tertiary alicyclic amines) is 1. The molecule has 0 amide bonds. The summed E-state index contributed by atoms with van der Waals surface area (Å²) in [5, 5.41) is 10.0. The number of hydrogen-bond acceptors (Lipinski definition) is 4. The zero-order valence-corrected chi connectivity index (χ0v) is 15.9. The zero-order valence-electron chi connectivity index (χ0n) is 15.9. The smallest absolute Gasteiger partial charge is 0.0500 e. The molecule has 140 valence electrons. The van der Waals surface area contributed by atoms with Crippen LogP contribution < -0.4 is 4.90 Å². The fraction of sp³-hybridized carbons (Fsp3) is 0.714. The molecule has 0 radical (unpaired) electrons. The Bertz CT molecular complexity index is 542. The number of nitrogens with zero attached hydrogens (tertiary/aromatic N) is 2. The van der Waals surface area contributed by atoms with Gasteiger partial charge in [0.1, 0.15) is 0 Å². The number of methoxy groups -OCH3 is 1. The molecule has 1 aromatic rings. The third kappa shape index (κ3) is 4.36. The Morgan fingerprint density at radius 3 is 2.64 bits per heavy atom. The summed E-state index contributed by atoms with van der Waals surface area (Å²) in [6.07, 6.45) is 5.74. The monoisotopic (exact) mass is 346 g/mol. The molecule has 2 heterocycles. The Labute approximate surface area is 152 Å². The summed E-state index contributed by atoms with van der Waals surface area (Å²) in [6, 6.07) is 9.38. The van der Waals surface area contributed by atoms with E-state index >= 15 is 0 Å². The topological polar surface area (TPSA) is 35.9 Å². The number of ether oxygens (including phenoxy) is 1. The van der Waals surface area contributed by atoms with Gasteiger partial charge in [-0.05, 0) is 57.2 Å². The van der Waals surface area contributed by atoms with Gasteiger partial charge in [-0.1, -0.05) is 18.2 Å². The highest BCUT2D eigenvalue weighted by Gasteiger charge is 2.37. The Balaban J connectivity index is 1.58. The summed E-state index contributed by atoms with van der Waals surface area (Å²) in [5.74, 6) is 0. The van der Waals surface area contributed by atoms with Crippen molar-refractivity contribution < 1.29 is 9.84 Å². The molecule has 1 N–H and O–H groups in total. The van der Waals surface area contributed by atoms with Crippen molar-refractivity contribution in [2.24, 2.45) is 5.41 Å². The van der Waals surface area contributed by atoms with E-state index in [0.717, 1.165) is 39.1 Å². The molecule has 1 aromatic carbocycles. The van der Waals surface area contributed by atoms with Crippen LogP contribution in [0.2, 0.25) is 0 Å². The number of hydrogen-bond donors (Lipinski definition) is 1. The Morgan fingerprint density at radius 2 is 1.96 bits per heavy atom. The lowest BCUT2D eigenvalue weighted by molar-refractivity contribution is -0.0118. The molecule has 0 spiro atoms. The Kier molecular flexibility index (Phi) is 6.37. The van der Waals surface area contributed by atoms with Gasteiger partial charge in [0.05, 0.1) is 6.61 Å². The summed E-state index contributed by atoms with van der Waals surface area (Å²) in [7, 11) is 1.76. The number of aryl methyl sites for hydroxylation is 1. The minimum atomic E-state index is 0.0431. The van der Waals surface area contributed by atoms with Crippen LogP contribution >= 0.6 is 0 Å². The minimum Gasteiger partial charge on any atom is -0.396 e. The summed E-state index contributed by atoms with van der Waals surface area (Å²) in [4.78, 5) is 5.20. The fourth-order valence-electron chi connectivity index (χ4n) is 4.68. The van der Waals surface area contributed by atoms with E-state index in [1.165, 1.54) is 37.1 Å². The van der Waals surface area contributed by atoms with Gasteiger partial charge in [0.15, 0.2) is 0 Å². The van der Waals surface area contributed by atoms with Crippen molar-refractivity contribution >= 4 is 5.69 Å².